The minimum Gasteiger partial charge on any atom is -0.410 e. The third-order valence-corrected chi connectivity index (χ3v) is 3.90. The van der Waals surface area contributed by atoms with Crippen LogP contribution in [0.25, 0.3) is 0 Å². The number of benzene rings is 1. The first-order chi connectivity index (χ1) is 11.7. The minimum absolute atomic E-state index is 0.0543. The van der Waals surface area contributed by atoms with Gasteiger partial charge in [0, 0.05) is 38.6 Å². The number of aromatic nitrogens is 1. The van der Waals surface area contributed by atoms with Crippen LogP contribution in [0.2, 0.25) is 0 Å². The topological polar surface area (TPSA) is 62.7 Å². The Balaban J connectivity index is 1.59. The maximum atomic E-state index is 12.5. The van der Waals surface area contributed by atoms with Crippen molar-refractivity contribution in [3.05, 3.63) is 60.4 Å². The maximum Gasteiger partial charge on any atom is 0.415 e. The number of pyridine rings is 1. The van der Waals surface area contributed by atoms with Gasteiger partial charge in [0.1, 0.15) is 5.75 Å². The van der Waals surface area contributed by atoms with Gasteiger partial charge in [0.05, 0.1) is 5.56 Å². The quantitative estimate of drug-likeness (QED) is 0.851. The molecule has 2 heterocycles. The van der Waals surface area contributed by atoms with Crippen molar-refractivity contribution in [2.75, 3.05) is 26.2 Å². The van der Waals surface area contributed by atoms with Crippen molar-refractivity contribution in [2.24, 2.45) is 0 Å². The average molecular weight is 325 g/mol. The highest BCUT2D eigenvalue weighted by atomic mass is 16.6. The minimum atomic E-state index is -0.378. The van der Waals surface area contributed by atoms with Crippen LogP contribution in [0.3, 0.4) is 0 Å². The van der Waals surface area contributed by atoms with Gasteiger partial charge >= 0.3 is 6.09 Å². The average Bonchev–Trinajstić information content (AvgIpc) is 2.89. The van der Waals surface area contributed by atoms with Crippen LogP contribution in [-0.2, 0) is 0 Å². The van der Waals surface area contributed by atoms with Crippen LogP contribution in [0.5, 0.6) is 5.75 Å². The van der Waals surface area contributed by atoms with Crippen LogP contribution in [0.15, 0.2) is 54.9 Å². The van der Waals surface area contributed by atoms with Crippen molar-refractivity contribution in [1.29, 1.82) is 0 Å². The largest absolute Gasteiger partial charge is 0.415 e. The molecule has 1 saturated heterocycles. The van der Waals surface area contributed by atoms with E-state index >= 15 is 0 Å². The van der Waals surface area contributed by atoms with Gasteiger partial charge in [-0.25, -0.2) is 4.79 Å². The zero-order chi connectivity index (χ0) is 16.8. The van der Waals surface area contributed by atoms with Crippen LogP contribution in [0, 0.1) is 0 Å². The smallest absolute Gasteiger partial charge is 0.410 e. The Bertz CT molecular complexity index is 691. The fraction of sp³-hybridized carbons (Fsp3) is 0.278. The number of carbonyl (C=O) groups is 2. The SMILES string of the molecule is O=C(Oc1ccccc1)N1CCCN(C(=O)c2cccnc2)CC1. The highest BCUT2D eigenvalue weighted by Gasteiger charge is 2.23. The van der Waals surface area contributed by atoms with E-state index in [2.05, 4.69) is 4.98 Å². The summed E-state index contributed by atoms with van der Waals surface area (Å²) in [5.74, 6) is 0.469. The van der Waals surface area contributed by atoms with E-state index in [1.165, 1.54) is 0 Å². The first-order valence-electron chi connectivity index (χ1n) is 7.95. The second-order valence-electron chi connectivity index (χ2n) is 5.56. The van der Waals surface area contributed by atoms with Gasteiger partial charge in [-0.1, -0.05) is 18.2 Å². The molecule has 1 aromatic heterocycles. The molecule has 0 radical (unpaired) electrons. The number of amides is 2. The third kappa shape index (κ3) is 3.90. The van der Waals surface area contributed by atoms with Gasteiger partial charge in [0.25, 0.3) is 5.91 Å². The summed E-state index contributed by atoms with van der Waals surface area (Å²) >= 11 is 0. The number of nitrogens with zero attached hydrogens (tertiary/aromatic N) is 3. The molecule has 2 amide bonds. The summed E-state index contributed by atoms with van der Waals surface area (Å²) in [5.41, 5.74) is 0.567. The van der Waals surface area contributed by atoms with E-state index in [4.69, 9.17) is 4.74 Å². The summed E-state index contributed by atoms with van der Waals surface area (Å²) < 4.78 is 5.36. The van der Waals surface area contributed by atoms with Crippen molar-refractivity contribution >= 4 is 12.0 Å². The molecule has 1 aliphatic heterocycles. The predicted molar refractivity (Wildman–Crippen MR) is 88.8 cm³/mol. The zero-order valence-electron chi connectivity index (χ0n) is 13.3. The Hall–Kier alpha value is -2.89. The van der Waals surface area contributed by atoms with E-state index in [9.17, 15) is 9.59 Å². The standard InChI is InChI=1S/C18H19N3O3/c22-17(15-6-4-9-19-14-15)20-10-5-11-21(13-12-20)18(23)24-16-7-2-1-3-8-16/h1-4,6-9,14H,5,10-13H2. The van der Waals surface area contributed by atoms with E-state index in [-0.39, 0.29) is 12.0 Å². The lowest BCUT2D eigenvalue weighted by atomic mass is 10.2. The second-order valence-corrected chi connectivity index (χ2v) is 5.56. The number of hydrogen-bond acceptors (Lipinski definition) is 4. The summed E-state index contributed by atoms with van der Waals surface area (Å²) in [5, 5.41) is 0. The molecule has 0 atom stereocenters. The van der Waals surface area contributed by atoms with Crippen LogP contribution in [0.1, 0.15) is 16.8 Å². The molecular weight excluding hydrogens is 306 g/mol. The molecule has 0 saturated carbocycles. The van der Waals surface area contributed by atoms with Gasteiger partial charge in [0.2, 0.25) is 0 Å². The Labute approximate surface area is 140 Å². The zero-order valence-corrected chi connectivity index (χ0v) is 13.3. The molecule has 3 rings (SSSR count). The van der Waals surface area contributed by atoms with Gasteiger partial charge in [-0.2, -0.15) is 0 Å². The van der Waals surface area contributed by atoms with E-state index in [0.29, 0.717) is 37.5 Å². The first kappa shape index (κ1) is 16.0. The molecule has 0 aliphatic carbocycles. The molecule has 6 nitrogen and oxygen atoms in total. The molecule has 0 unspecified atom stereocenters. The molecule has 6 heteroatoms. The van der Waals surface area contributed by atoms with Gasteiger partial charge in [-0.15, -0.1) is 0 Å². The molecule has 2 aromatic rings. The summed E-state index contributed by atoms with van der Waals surface area (Å²) in [4.78, 5) is 32.1. The van der Waals surface area contributed by atoms with Crippen molar-refractivity contribution in [2.45, 2.75) is 6.42 Å². The molecule has 24 heavy (non-hydrogen) atoms. The third-order valence-electron chi connectivity index (χ3n) is 3.90. The monoisotopic (exact) mass is 325 g/mol. The molecule has 0 N–H and O–H groups in total. The number of hydrogen-bond donors (Lipinski definition) is 0. The van der Waals surface area contributed by atoms with Crippen molar-refractivity contribution in [1.82, 2.24) is 14.8 Å². The van der Waals surface area contributed by atoms with E-state index < -0.39 is 0 Å². The van der Waals surface area contributed by atoms with Gasteiger partial charge in [-0.05, 0) is 30.7 Å². The highest BCUT2D eigenvalue weighted by molar-refractivity contribution is 5.93. The first-order valence-corrected chi connectivity index (χ1v) is 7.95. The summed E-state index contributed by atoms with van der Waals surface area (Å²) in [6.07, 6.45) is 3.54. The Morgan fingerprint density at radius 1 is 0.917 bits per heavy atom. The molecule has 1 aliphatic rings. The predicted octanol–water partition coefficient (Wildman–Crippen LogP) is 2.43. The molecule has 1 aromatic carbocycles. The molecule has 1 fully saturated rings. The van der Waals surface area contributed by atoms with E-state index in [1.54, 1.807) is 46.5 Å². The van der Waals surface area contributed by atoms with Gasteiger partial charge in [0.15, 0.2) is 0 Å². The van der Waals surface area contributed by atoms with Crippen LogP contribution in [-0.4, -0.2) is 53.0 Å². The maximum absolute atomic E-state index is 12.5. The molecule has 124 valence electrons. The normalized spacial score (nSPS) is 14.8. The van der Waals surface area contributed by atoms with Crippen molar-refractivity contribution < 1.29 is 14.3 Å². The number of para-hydroxylation sites is 1. The van der Waals surface area contributed by atoms with Gasteiger partial charge in [-0.3, -0.25) is 9.78 Å². The summed E-state index contributed by atoms with van der Waals surface area (Å²) in [6.45, 7) is 2.13. The lowest BCUT2D eigenvalue weighted by Crippen LogP contribution is -2.38. The number of ether oxygens (including phenoxy) is 1. The molecule has 0 spiro atoms. The van der Waals surface area contributed by atoms with E-state index in [0.717, 1.165) is 6.42 Å². The Morgan fingerprint density at radius 2 is 1.67 bits per heavy atom. The molecular formula is C18H19N3O3. The fourth-order valence-electron chi connectivity index (χ4n) is 2.63. The molecule has 0 bridgehead atoms. The van der Waals surface area contributed by atoms with Crippen molar-refractivity contribution in [3.8, 4) is 5.75 Å². The van der Waals surface area contributed by atoms with Gasteiger partial charge < -0.3 is 14.5 Å². The van der Waals surface area contributed by atoms with Crippen LogP contribution < -0.4 is 4.74 Å². The second kappa shape index (κ2) is 7.59. The van der Waals surface area contributed by atoms with Crippen molar-refractivity contribution in [3.63, 3.8) is 0 Å². The summed E-state index contributed by atoms with van der Waals surface area (Å²) in [6, 6.07) is 12.5. The number of rotatable bonds is 2. The van der Waals surface area contributed by atoms with Crippen LogP contribution in [0.4, 0.5) is 4.79 Å². The summed E-state index contributed by atoms with van der Waals surface area (Å²) in [7, 11) is 0. The van der Waals surface area contributed by atoms with E-state index in [1.807, 2.05) is 18.2 Å². The highest BCUT2D eigenvalue weighted by Crippen LogP contribution is 2.13. The lowest BCUT2D eigenvalue weighted by molar-refractivity contribution is 0.0759. The number of carbonyl (C=O) groups excluding carboxylic acids is 2. The lowest BCUT2D eigenvalue weighted by Gasteiger charge is -2.21. The van der Waals surface area contributed by atoms with Crippen LogP contribution >= 0.6 is 0 Å². The Morgan fingerprint density at radius 3 is 2.42 bits per heavy atom. The fourth-order valence-corrected chi connectivity index (χ4v) is 2.63. The Kier molecular flexibility index (Phi) is 5.05.